The molecule has 8 heterocycles. The summed E-state index contributed by atoms with van der Waals surface area (Å²) in [5.74, 6) is -0.579. The molecule has 0 atom stereocenters. The predicted molar refractivity (Wildman–Crippen MR) is 350 cm³/mol. The molecule has 502 valence electrons. The third-order valence-corrected chi connectivity index (χ3v) is 13.7. The van der Waals surface area contributed by atoms with Crippen molar-refractivity contribution in [3.05, 3.63) is 226 Å². The molecule has 2 aromatic carbocycles. The van der Waals surface area contributed by atoms with E-state index >= 15 is 0 Å². The summed E-state index contributed by atoms with van der Waals surface area (Å²) >= 11 is 3.01. The monoisotopic (exact) mass is 1370 g/mol. The zero-order chi connectivity index (χ0) is 70.3. The Morgan fingerprint density at radius 1 is 0.568 bits per heavy atom. The van der Waals surface area contributed by atoms with E-state index in [1.165, 1.54) is 42.5 Å². The van der Waals surface area contributed by atoms with Crippen molar-refractivity contribution in [1.82, 2.24) is 45.3 Å². The number of esters is 2. The molecule has 24 nitrogen and oxygen atoms in total. The molecule has 28 heteroatoms. The third kappa shape index (κ3) is 23.8. The summed E-state index contributed by atoms with van der Waals surface area (Å²) in [5.41, 5.74) is 6.57. The number of carboxylic acids is 1. The number of carbonyl (C=O) groups is 5. The molecule has 0 bridgehead atoms. The topological polar surface area (TPSA) is 308 Å². The van der Waals surface area contributed by atoms with E-state index in [4.69, 9.17) is 32.7 Å². The Bertz CT molecular complexity index is 4070. The van der Waals surface area contributed by atoms with Crippen LogP contribution in [0.5, 0.6) is 0 Å². The van der Waals surface area contributed by atoms with E-state index in [9.17, 15) is 32.8 Å². The summed E-state index contributed by atoms with van der Waals surface area (Å²) in [5, 5.41) is 34.7. The molecular formula is C67H75BBrF2N9O15. The second kappa shape index (κ2) is 35.3. The minimum atomic E-state index is -1.10. The van der Waals surface area contributed by atoms with Crippen molar-refractivity contribution in [3.63, 3.8) is 0 Å². The number of carboxylic acid groups (broad SMARTS) is 1. The van der Waals surface area contributed by atoms with E-state index in [-0.39, 0.29) is 83.1 Å². The van der Waals surface area contributed by atoms with Crippen LogP contribution in [0, 0.1) is 11.6 Å². The number of ketones is 2. The van der Waals surface area contributed by atoms with Crippen LogP contribution in [-0.4, -0.2) is 111 Å². The number of hydrogen-bond donors (Lipinski definition) is 1. The molecule has 1 N–H and O–H groups in total. The lowest BCUT2D eigenvalue weighted by atomic mass is 9.81. The minimum absolute atomic E-state index is 0.0944. The van der Waals surface area contributed by atoms with Crippen molar-refractivity contribution >= 4 is 69.2 Å². The number of benzene rings is 2. The van der Waals surface area contributed by atoms with E-state index in [0.717, 1.165) is 33.3 Å². The van der Waals surface area contributed by atoms with Crippen LogP contribution in [-0.2, 0) is 44.7 Å². The SMILES string of the molecule is C=C(C)B1OC(C)(C)C(C)(C)O1.C=C(C)c1cc(C(=O)Cc2cnn(Cc3cccc(F)c3)c2)no1.C=C(C)c1cc(C(=O)O)no1.C=C(C)c1cc(C(=O)OCC)no1.CC(C)c1cc(C(=O)Cc2cnn(Cc3cccc(F)c3)c2)no1.CCOC(=O)c1cc(Br)on1. The summed E-state index contributed by atoms with van der Waals surface area (Å²) in [4.78, 5) is 56.8. The molecule has 0 radical (unpaired) electrons. The molecule has 9 aromatic rings. The molecule has 1 fully saturated rings. The average Bonchev–Trinajstić information content (AvgIpc) is 1.64. The number of aromatic carboxylic acids is 1. The Morgan fingerprint density at radius 2 is 0.958 bits per heavy atom. The maximum atomic E-state index is 13.2. The van der Waals surface area contributed by atoms with Crippen molar-refractivity contribution in [3.8, 4) is 0 Å². The number of allylic oxidation sites excluding steroid dienone is 4. The van der Waals surface area contributed by atoms with Crippen molar-refractivity contribution < 1.29 is 79.3 Å². The standard InChI is InChI=1S/C18H18FN3O2.C18H16FN3O2.C9H17BO2.C9H11NO3.C7H7NO3.C6H6BrNO3/c2*1-12(2)18-8-16(21-24-18)17(23)7-14-9-20-22(11-14)10-13-4-3-5-15(19)6-13;1-7(2)10-11-8(3,4)9(5,6)12-10;1-4-12-9(11)7-5-8(6(2)3)13-10-7;1-4(2)6-3-5(7(9)10)8-11-6;1-2-10-6(9)4-3-5(7)11-8-4/h3-6,8-9,11-12H,7,10H2,1-2H3;3-6,8-9,11H,1,7,10H2,2H3;1H2,2-6H3;5H,2,4H2,1,3H3;3H,1H2,2H3,(H,9,10);3H,2H2,1H3. The van der Waals surface area contributed by atoms with Gasteiger partial charge in [-0.3, -0.25) is 19.0 Å². The van der Waals surface area contributed by atoms with E-state index in [2.05, 4.69) is 92.0 Å². The van der Waals surface area contributed by atoms with Crippen molar-refractivity contribution in [2.24, 2.45) is 0 Å². The van der Waals surface area contributed by atoms with Gasteiger partial charge < -0.3 is 46.5 Å². The van der Waals surface area contributed by atoms with Gasteiger partial charge in [0.05, 0.1) is 49.9 Å². The third-order valence-electron chi connectivity index (χ3n) is 13.4. The largest absolute Gasteiger partial charge is 0.489 e. The van der Waals surface area contributed by atoms with Gasteiger partial charge in [-0.15, -0.1) is 6.58 Å². The van der Waals surface area contributed by atoms with Crippen LogP contribution < -0.4 is 0 Å². The number of rotatable bonds is 20. The lowest BCUT2D eigenvalue weighted by Gasteiger charge is -2.32. The molecule has 0 amide bonds. The van der Waals surface area contributed by atoms with Crippen LogP contribution in [0.3, 0.4) is 0 Å². The van der Waals surface area contributed by atoms with Gasteiger partial charge in [0.15, 0.2) is 51.6 Å². The average molecular weight is 1380 g/mol. The summed E-state index contributed by atoms with van der Waals surface area (Å²) in [6.07, 6.45) is 7.19. The van der Waals surface area contributed by atoms with E-state index in [1.807, 2.05) is 60.6 Å². The van der Waals surface area contributed by atoms with Gasteiger partial charge >= 0.3 is 25.0 Å². The second-order valence-electron chi connectivity index (χ2n) is 22.6. The van der Waals surface area contributed by atoms with Gasteiger partial charge in [-0.05, 0) is 148 Å². The molecule has 10 rings (SSSR count). The summed E-state index contributed by atoms with van der Waals surface area (Å²) in [6.45, 7) is 39.1. The van der Waals surface area contributed by atoms with Gasteiger partial charge in [0.1, 0.15) is 23.1 Å². The highest BCUT2D eigenvalue weighted by atomic mass is 79.9. The summed E-state index contributed by atoms with van der Waals surface area (Å²) in [7, 11) is -0.241. The number of aromatic nitrogens is 9. The van der Waals surface area contributed by atoms with Gasteiger partial charge in [-0.2, -0.15) is 10.2 Å². The van der Waals surface area contributed by atoms with Crippen LogP contribution in [0.25, 0.3) is 16.7 Å². The molecule has 0 unspecified atom stereocenters. The van der Waals surface area contributed by atoms with E-state index < -0.39 is 17.9 Å². The van der Waals surface area contributed by atoms with Crippen LogP contribution >= 0.6 is 15.9 Å². The Morgan fingerprint density at radius 3 is 1.31 bits per heavy atom. The first-order valence-corrected chi connectivity index (χ1v) is 30.2. The molecule has 95 heavy (non-hydrogen) atoms. The van der Waals surface area contributed by atoms with Crippen LogP contribution in [0.15, 0.2) is 163 Å². The van der Waals surface area contributed by atoms with Crippen LogP contribution in [0.1, 0.15) is 187 Å². The lowest BCUT2D eigenvalue weighted by molar-refractivity contribution is 0.00578. The van der Waals surface area contributed by atoms with Crippen molar-refractivity contribution in [1.29, 1.82) is 0 Å². The molecule has 0 aliphatic carbocycles. The molecule has 1 aliphatic heterocycles. The predicted octanol–water partition coefficient (Wildman–Crippen LogP) is 14.2. The molecule has 7 aromatic heterocycles. The second-order valence-corrected chi connectivity index (χ2v) is 23.4. The first-order chi connectivity index (χ1) is 44.8. The highest BCUT2D eigenvalue weighted by molar-refractivity contribution is 9.10. The zero-order valence-electron chi connectivity index (χ0n) is 54.9. The number of ether oxygens (including phenoxy) is 2. The Labute approximate surface area is 556 Å². The molecular weight excluding hydrogens is 1300 g/mol. The molecule has 0 saturated carbocycles. The minimum Gasteiger partial charge on any atom is -0.476 e. The smallest absolute Gasteiger partial charge is 0.476 e. The Hall–Kier alpha value is -10.1. The van der Waals surface area contributed by atoms with Gasteiger partial charge in [0, 0.05) is 61.5 Å². The van der Waals surface area contributed by atoms with Gasteiger partial charge in [-0.1, -0.05) is 89.1 Å². The van der Waals surface area contributed by atoms with Gasteiger partial charge in [0.2, 0.25) is 4.67 Å². The van der Waals surface area contributed by atoms with Gasteiger partial charge in [0.25, 0.3) is 0 Å². The number of hydrogen-bond acceptors (Lipinski definition) is 21. The number of Topliss-reactive ketones (excluding diaryl/α,β-unsaturated/α-hetero) is 2. The van der Waals surface area contributed by atoms with E-state index in [0.29, 0.717) is 70.9 Å². The van der Waals surface area contributed by atoms with Gasteiger partial charge in [-0.25, -0.2) is 23.2 Å². The normalized spacial score (nSPS) is 12.4. The maximum absolute atomic E-state index is 13.2. The number of halogens is 3. The fourth-order valence-electron chi connectivity index (χ4n) is 7.62. The van der Waals surface area contributed by atoms with Crippen LogP contribution in [0.4, 0.5) is 8.78 Å². The van der Waals surface area contributed by atoms with E-state index in [1.54, 1.807) is 93.0 Å². The number of nitrogens with zero attached hydrogens (tertiary/aromatic N) is 9. The van der Waals surface area contributed by atoms with Crippen molar-refractivity contribution in [2.75, 3.05) is 13.2 Å². The Balaban J connectivity index is 0.000000214. The maximum Gasteiger partial charge on any atom is 0.489 e. The first kappa shape index (κ1) is 75.7. The highest BCUT2D eigenvalue weighted by Crippen LogP contribution is 2.38. The lowest BCUT2D eigenvalue weighted by Crippen LogP contribution is -2.41. The summed E-state index contributed by atoms with van der Waals surface area (Å²) in [6, 6.07) is 20.3. The fourth-order valence-corrected chi connectivity index (χ4v) is 7.91. The molecule has 1 saturated heterocycles. The number of carbonyl (C=O) groups excluding carboxylic acids is 4. The first-order valence-electron chi connectivity index (χ1n) is 29.4. The Kier molecular flexibility index (Phi) is 28.1. The summed E-state index contributed by atoms with van der Waals surface area (Å²) < 4.78 is 75.3. The van der Waals surface area contributed by atoms with Crippen molar-refractivity contribution in [2.45, 2.75) is 126 Å². The molecule has 1 aliphatic rings. The quantitative estimate of drug-likeness (QED) is 0.0421. The highest BCUT2D eigenvalue weighted by Gasteiger charge is 2.51. The molecule has 0 spiro atoms. The zero-order valence-corrected chi connectivity index (χ0v) is 56.4. The fraction of sp³-hybridized carbons (Fsp3) is 0.313. The van der Waals surface area contributed by atoms with Crippen LogP contribution in [0.2, 0.25) is 0 Å².